The zero-order chi connectivity index (χ0) is 17.7. The predicted octanol–water partition coefficient (Wildman–Crippen LogP) is 3.83. The van der Waals surface area contributed by atoms with Gasteiger partial charge in [0.15, 0.2) is 5.78 Å². The second kappa shape index (κ2) is 7.56. The molecule has 4 heteroatoms. The van der Waals surface area contributed by atoms with Crippen LogP contribution in [0.5, 0.6) is 0 Å². The molecule has 1 amide bonds. The maximum absolute atomic E-state index is 13.8. The summed E-state index contributed by atoms with van der Waals surface area (Å²) in [4.78, 5) is 25.9. The van der Waals surface area contributed by atoms with Crippen LogP contribution < -0.4 is 4.90 Å². The Kier molecular flexibility index (Phi) is 5.49. The molecule has 0 bridgehead atoms. The van der Waals surface area contributed by atoms with Gasteiger partial charge in [0.25, 0.3) is 0 Å². The van der Waals surface area contributed by atoms with Gasteiger partial charge in [-0.25, -0.2) is 4.39 Å². The van der Waals surface area contributed by atoms with Crippen molar-refractivity contribution >= 4 is 17.4 Å². The Morgan fingerprint density at radius 2 is 1.83 bits per heavy atom. The van der Waals surface area contributed by atoms with Crippen molar-refractivity contribution in [3.8, 4) is 12.3 Å². The number of terminal acetylenes is 1. The Hall–Kier alpha value is -2.93. The molecule has 0 heterocycles. The first-order valence-electron chi connectivity index (χ1n) is 7.59. The van der Waals surface area contributed by atoms with E-state index in [1.165, 1.54) is 23.1 Å². The number of benzene rings is 2. The van der Waals surface area contributed by atoms with Crippen molar-refractivity contribution in [1.82, 2.24) is 0 Å². The van der Waals surface area contributed by atoms with Crippen molar-refractivity contribution in [2.24, 2.45) is 5.92 Å². The number of ketones is 1. The summed E-state index contributed by atoms with van der Waals surface area (Å²) in [5.74, 6) is 0.438. The Labute approximate surface area is 141 Å². The molecule has 0 aliphatic rings. The maximum Gasteiger partial charge on any atom is 0.302 e. The third-order valence-electron chi connectivity index (χ3n) is 3.59. The van der Waals surface area contributed by atoms with Gasteiger partial charge in [-0.1, -0.05) is 44.2 Å². The minimum Gasteiger partial charge on any atom is -0.296 e. The van der Waals surface area contributed by atoms with Gasteiger partial charge in [0.1, 0.15) is 5.82 Å². The van der Waals surface area contributed by atoms with E-state index in [-0.39, 0.29) is 29.5 Å². The fourth-order valence-electron chi connectivity index (χ4n) is 2.36. The Balaban J connectivity index is 2.54. The molecule has 0 spiro atoms. The van der Waals surface area contributed by atoms with Gasteiger partial charge in [-0.3, -0.25) is 14.5 Å². The lowest BCUT2D eigenvalue weighted by molar-refractivity contribution is -0.113. The highest BCUT2D eigenvalue weighted by Gasteiger charge is 2.23. The van der Waals surface area contributed by atoms with E-state index in [0.29, 0.717) is 0 Å². The van der Waals surface area contributed by atoms with Gasteiger partial charge in [-0.05, 0) is 29.7 Å². The van der Waals surface area contributed by atoms with Gasteiger partial charge in [0.05, 0.1) is 12.2 Å². The molecule has 0 aliphatic carbocycles. The summed E-state index contributed by atoms with van der Waals surface area (Å²) in [6.45, 7) is 3.66. The van der Waals surface area contributed by atoms with Gasteiger partial charge in [0.2, 0.25) is 0 Å². The molecular weight excluding hydrogens is 305 g/mol. The highest BCUT2D eigenvalue weighted by molar-refractivity contribution is 6.10. The second-order valence-corrected chi connectivity index (χ2v) is 5.70. The minimum atomic E-state index is -0.623. The second-order valence-electron chi connectivity index (χ2n) is 5.70. The summed E-state index contributed by atoms with van der Waals surface area (Å²) in [7, 11) is 0. The van der Waals surface area contributed by atoms with E-state index < -0.39 is 11.7 Å². The summed E-state index contributed by atoms with van der Waals surface area (Å²) in [6, 6.07) is 13.0. The smallest absolute Gasteiger partial charge is 0.296 e. The molecule has 122 valence electrons. The number of amides is 1. The number of rotatable bonds is 5. The number of hydrogen-bond donors (Lipinski definition) is 0. The molecule has 3 nitrogen and oxygen atoms in total. The minimum absolute atomic E-state index is 0.158. The highest BCUT2D eigenvalue weighted by Crippen LogP contribution is 2.26. The van der Waals surface area contributed by atoms with Crippen LogP contribution in [0, 0.1) is 24.1 Å². The van der Waals surface area contributed by atoms with Crippen molar-refractivity contribution in [3.63, 3.8) is 0 Å². The molecular formula is C20H18FNO2. The van der Waals surface area contributed by atoms with Gasteiger partial charge < -0.3 is 0 Å². The van der Waals surface area contributed by atoms with Crippen LogP contribution in [-0.2, 0) is 11.3 Å². The fraction of sp³-hybridized carbons (Fsp3) is 0.200. The van der Waals surface area contributed by atoms with Crippen LogP contribution in [0.2, 0.25) is 0 Å². The molecule has 0 unspecified atom stereocenters. The largest absolute Gasteiger partial charge is 0.302 e. The maximum atomic E-state index is 13.8. The van der Waals surface area contributed by atoms with Crippen molar-refractivity contribution in [1.29, 1.82) is 0 Å². The van der Waals surface area contributed by atoms with Gasteiger partial charge >= 0.3 is 5.91 Å². The summed E-state index contributed by atoms with van der Waals surface area (Å²) >= 11 is 0. The summed E-state index contributed by atoms with van der Waals surface area (Å²) in [6.07, 6.45) is 5.27. The third-order valence-corrected chi connectivity index (χ3v) is 3.59. The van der Waals surface area contributed by atoms with Crippen LogP contribution in [-0.4, -0.2) is 11.7 Å². The Bertz CT molecular complexity index is 791. The molecule has 0 saturated heterocycles. The SMILES string of the molecule is C#CC(=O)N(Cc1ccccc1)c1cc(F)ccc1C(=O)C(C)C. The van der Waals surface area contributed by atoms with Gasteiger partial charge in [-0.15, -0.1) is 6.42 Å². The highest BCUT2D eigenvalue weighted by atomic mass is 19.1. The normalized spacial score (nSPS) is 10.3. The quantitative estimate of drug-likeness (QED) is 0.619. The fourth-order valence-corrected chi connectivity index (χ4v) is 2.36. The number of carbonyl (C=O) groups is 2. The van der Waals surface area contributed by atoms with Crippen LogP contribution >= 0.6 is 0 Å². The lowest BCUT2D eigenvalue weighted by atomic mass is 9.98. The van der Waals surface area contributed by atoms with E-state index in [1.54, 1.807) is 13.8 Å². The summed E-state index contributed by atoms with van der Waals surface area (Å²) in [5.41, 5.74) is 1.31. The van der Waals surface area contributed by atoms with E-state index in [4.69, 9.17) is 6.42 Å². The van der Waals surface area contributed by atoms with Crippen molar-refractivity contribution < 1.29 is 14.0 Å². The van der Waals surface area contributed by atoms with Crippen molar-refractivity contribution in [2.45, 2.75) is 20.4 Å². The number of anilines is 1. The Morgan fingerprint density at radius 3 is 2.42 bits per heavy atom. The number of halogens is 1. The monoisotopic (exact) mass is 323 g/mol. The molecule has 0 radical (unpaired) electrons. The first-order valence-corrected chi connectivity index (χ1v) is 7.59. The topological polar surface area (TPSA) is 37.4 Å². The standard InChI is InChI=1S/C20H18FNO2/c1-4-19(23)22(13-15-8-6-5-7-9-15)18-12-16(21)10-11-17(18)20(24)14(2)3/h1,5-12,14H,13H2,2-3H3. The van der Waals surface area contributed by atoms with Crippen LogP contribution in [0.4, 0.5) is 10.1 Å². The lowest BCUT2D eigenvalue weighted by Crippen LogP contribution is -2.31. The third kappa shape index (κ3) is 3.88. The van der Waals surface area contributed by atoms with Crippen molar-refractivity contribution in [2.75, 3.05) is 4.90 Å². The van der Waals surface area contributed by atoms with E-state index in [0.717, 1.165) is 5.56 Å². The molecule has 24 heavy (non-hydrogen) atoms. The first kappa shape index (κ1) is 17.4. The number of Topliss-reactive ketones (excluding diaryl/α,β-unsaturated/α-hetero) is 1. The van der Waals surface area contributed by atoms with Crippen LogP contribution in [0.1, 0.15) is 29.8 Å². The Morgan fingerprint density at radius 1 is 1.17 bits per heavy atom. The molecule has 0 aromatic heterocycles. The molecule has 2 rings (SSSR count). The molecule has 0 saturated carbocycles. The van der Waals surface area contributed by atoms with Crippen LogP contribution in [0.25, 0.3) is 0 Å². The number of nitrogens with zero attached hydrogens (tertiary/aromatic N) is 1. The summed E-state index contributed by atoms with van der Waals surface area (Å²) < 4.78 is 13.8. The van der Waals surface area contributed by atoms with E-state index in [1.807, 2.05) is 30.3 Å². The molecule has 2 aromatic rings. The van der Waals surface area contributed by atoms with E-state index in [2.05, 4.69) is 5.92 Å². The zero-order valence-electron chi connectivity index (χ0n) is 13.6. The van der Waals surface area contributed by atoms with E-state index in [9.17, 15) is 14.0 Å². The number of carbonyl (C=O) groups excluding carboxylic acids is 2. The van der Waals surface area contributed by atoms with Gasteiger partial charge in [0, 0.05) is 11.5 Å². The average Bonchev–Trinajstić information content (AvgIpc) is 2.59. The van der Waals surface area contributed by atoms with Crippen LogP contribution in [0.15, 0.2) is 48.5 Å². The van der Waals surface area contributed by atoms with Crippen molar-refractivity contribution in [3.05, 3.63) is 65.5 Å². The average molecular weight is 323 g/mol. The molecule has 0 N–H and O–H groups in total. The molecule has 0 fully saturated rings. The lowest BCUT2D eigenvalue weighted by Gasteiger charge is -2.23. The zero-order valence-corrected chi connectivity index (χ0v) is 13.6. The van der Waals surface area contributed by atoms with Gasteiger partial charge in [-0.2, -0.15) is 0 Å². The van der Waals surface area contributed by atoms with Crippen LogP contribution in [0.3, 0.4) is 0 Å². The molecule has 0 aliphatic heterocycles. The molecule has 2 aromatic carbocycles. The molecule has 0 atom stereocenters. The number of hydrogen-bond acceptors (Lipinski definition) is 2. The summed E-state index contributed by atoms with van der Waals surface area (Å²) in [5, 5.41) is 0. The predicted molar refractivity (Wildman–Crippen MR) is 92.0 cm³/mol. The first-order chi connectivity index (χ1) is 11.4. The van der Waals surface area contributed by atoms with E-state index >= 15 is 0 Å².